The van der Waals surface area contributed by atoms with Crippen LogP contribution in [-0.2, 0) is 24.0 Å². The molecular weight excluding hydrogens is 384 g/mol. The Kier molecular flexibility index (Phi) is 14.0. The molecule has 0 aromatic carbocycles. The first-order valence-corrected chi connectivity index (χ1v) is 11.8. The number of rotatable bonds is 18. The first-order chi connectivity index (χ1) is 14.5. The highest BCUT2D eigenvalue weighted by molar-refractivity contribution is 6.01. The summed E-state index contributed by atoms with van der Waals surface area (Å²) in [6.07, 6.45) is 16.1. The Morgan fingerprint density at radius 2 is 1.27 bits per heavy atom. The molecule has 0 spiro atoms. The molecule has 172 valence electrons. The molecule has 1 atom stereocenters. The molecule has 30 heavy (non-hydrogen) atoms. The van der Waals surface area contributed by atoms with Crippen LogP contribution in [-0.4, -0.2) is 34.7 Å². The number of carbonyl (C=O) groups excluding carboxylic acids is 4. The van der Waals surface area contributed by atoms with E-state index in [-0.39, 0.29) is 25.0 Å². The van der Waals surface area contributed by atoms with Crippen LogP contribution in [0.2, 0.25) is 0 Å². The highest BCUT2D eigenvalue weighted by Crippen LogP contribution is 2.15. The van der Waals surface area contributed by atoms with E-state index in [0.29, 0.717) is 11.5 Å². The van der Waals surface area contributed by atoms with Gasteiger partial charge < -0.3 is 10.6 Å². The summed E-state index contributed by atoms with van der Waals surface area (Å²) in [7, 11) is 0. The second-order valence-corrected chi connectivity index (χ2v) is 8.31. The molecular formula is C23H40N2O5. The van der Waals surface area contributed by atoms with Crippen LogP contribution < -0.4 is 5.73 Å². The number of Topliss-reactive ketones (excluding diaryl/α,β-unsaturated/α-hetero) is 1. The van der Waals surface area contributed by atoms with E-state index in [0.717, 1.165) is 19.3 Å². The van der Waals surface area contributed by atoms with Gasteiger partial charge in [-0.05, 0) is 6.42 Å². The van der Waals surface area contributed by atoms with Crippen LogP contribution in [0.3, 0.4) is 0 Å². The van der Waals surface area contributed by atoms with E-state index in [1.165, 1.54) is 64.2 Å². The summed E-state index contributed by atoms with van der Waals surface area (Å²) in [5.74, 6) is -2.10. The number of amides is 2. The first kappa shape index (κ1) is 26.3. The average Bonchev–Trinajstić information content (AvgIpc) is 3.03. The van der Waals surface area contributed by atoms with E-state index >= 15 is 0 Å². The molecule has 2 N–H and O–H groups in total. The number of ketones is 1. The van der Waals surface area contributed by atoms with E-state index in [1.807, 2.05) is 0 Å². The van der Waals surface area contributed by atoms with Gasteiger partial charge in [-0.2, -0.15) is 0 Å². The van der Waals surface area contributed by atoms with Gasteiger partial charge in [-0.25, -0.2) is 4.79 Å². The number of nitrogens with two attached hydrogens (primary N) is 1. The summed E-state index contributed by atoms with van der Waals surface area (Å²) < 4.78 is 0. The summed E-state index contributed by atoms with van der Waals surface area (Å²) in [5.41, 5.74) is 5.77. The van der Waals surface area contributed by atoms with E-state index in [1.54, 1.807) is 0 Å². The standard InChI is InChI=1S/C23H40N2O5/c1-2-3-4-5-6-7-8-9-10-11-12-13-14-15-20(26)19(24)18-23(29)30-25-21(27)16-17-22(25)28/h19H,2-18,24H2,1H3. The fraction of sp³-hybridized carbons (Fsp3) is 0.826. The minimum Gasteiger partial charge on any atom is -0.330 e. The second-order valence-electron chi connectivity index (χ2n) is 8.31. The fourth-order valence-electron chi connectivity index (χ4n) is 3.59. The number of unbranched alkanes of at least 4 members (excludes halogenated alkanes) is 12. The van der Waals surface area contributed by atoms with Gasteiger partial charge in [0, 0.05) is 19.3 Å². The van der Waals surface area contributed by atoms with Crippen molar-refractivity contribution in [3.8, 4) is 0 Å². The SMILES string of the molecule is CCCCCCCCCCCCCCCC(=O)C(N)CC(=O)ON1C(=O)CCC1=O. The lowest BCUT2D eigenvalue weighted by Crippen LogP contribution is -2.37. The summed E-state index contributed by atoms with van der Waals surface area (Å²) in [6.45, 7) is 2.24. The van der Waals surface area contributed by atoms with E-state index < -0.39 is 23.8 Å². The van der Waals surface area contributed by atoms with Crippen LogP contribution >= 0.6 is 0 Å². The predicted molar refractivity (Wildman–Crippen MR) is 115 cm³/mol. The highest BCUT2D eigenvalue weighted by Gasteiger charge is 2.33. The smallest absolute Gasteiger partial charge is 0.330 e. The van der Waals surface area contributed by atoms with Crippen molar-refractivity contribution in [2.45, 2.75) is 122 Å². The molecule has 0 radical (unpaired) electrons. The highest BCUT2D eigenvalue weighted by atomic mass is 16.7. The molecule has 1 aliphatic heterocycles. The molecule has 1 aliphatic rings. The second kappa shape index (κ2) is 16.0. The summed E-state index contributed by atoms with van der Waals surface area (Å²) >= 11 is 0. The Morgan fingerprint density at radius 3 is 1.73 bits per heavy atom. The number of carbonyl (C=O) groups is 4. The molecule has 0 aromatic rings. The van der Waals surface area contributed by atoms with Gasteiger partial charge >= 0.3 is 5.97 Å². The Morgan fingerprint density at radius 1 is 0.833 bits per heavy atom. The molecule has 2 amide bonds. The van der Waals surface area contributed by atoms with Crippen LogP contribution in [0, 0.1) is 0 Å². The maximum absolute atomic E-state index is 12.1. The molecule has 1 saturated heterocycles. The van der Waals surface area contributed by atoms with E-state index in [2.05, 4.69) is 6.92 Å². The molecule has 7 nitrogen and oxygen atoms in total. The number of hydrogen-bond acceptors (Lipinski definition) is 6. The number of nitrogens with zero attached hydrogens (tertiary/aromatic N) is 1. The first-order valence-electron chi connectivity index (χ1n) is 11.8. The summed E-state index contributed by atoms with van der Waals surface area (Å²) in [4.78, 5) is 51.4. The number of imide groups is 1. The lowest BCUT2D eigenvalue weighted by molar-refractivity contribution is -0.197. The Hall–Kier alpha value is -1.76. The van der Waals surface area contributed by atoms with E-state index in [4.69, 9.17) is 10.6 Å². The van der Waals surface area contributed by atoms with E-state index in [9.17, 15) is 19.2 Å². The maximum atomic E-state index is 12.1. The molecule has 7 heteroatoms. The van der Waals surface area contributed by atoms with Gasteiger partial charge in [0.2, 0.25) is 0 Å². The van der Waals surface area contributed by atoms with Crippen molar-refractivity contribution in [1.29, 1.82) is 0 Å². The Balaban J connectivity index is 1.97. The predicted octanol–water partition coefficient (Wildman–Crippen LogP) is 4.36. The monoisotopic (exact) mass is 424 g/mol. The van der Waals surface area contributed by atoms with Crippen LogP contribution in [0.25, 0.3) is 0 Å². The molecule has 1 rings (SSSR count). The van der Waals surface area contributed by atoms with Crippen LogP contribution in [0.5, 0.6) is 0 Å². The minimum absolute atomic E-state index is 0.0378. The van der Waals surface area contributed by atoms with Crippen molar-refractivity contribution in [1.82, 2.24) is 5.06 Å². The van der Waals surface area contributed by atoms with Gasteiger partial charge in [-0.1, -0.05) is 84.0 Å². The van der Waals surface area contributed by atoms with Gasteiger partial charge in [0.25, 0.3) is 11.8 Å². The van der Waals surface area contributed by atoms with Crippen molar-refractivity contribution in [3.63, 3.8) is 0 Å². The third kappa shape index (κ3) is 11.4. The summed E-state index contributed by atoms with van der Waals surface area (Å²) in [6, 6.07) is -0.956. The van der Waals surface area contributed by atoms with Crippen molar-refractivity contribution in [3.05, 3.63) is 0 Å². The zero-order valence-corrected chi connectivity index (χ0v) is 18.7. The molecule has 0 bridgehead atoms. The quantitative estimate of drug-likeness (QED) is 0.259. The number of hydrogen-bond donors (Lipinski definition) is 1. The largest absolute Gasteiger partial charge is 0.335 e. The molecule has 1 fully saturated rings. The van der Waals surface area contributed by atoms with Crippen LogP contribution in [0.4, 0.5) is 0 Å². The zero-order chi connectivity index (χ0) is 22.2. The number of hydroxylamine groups is 2. The molecule has 0 aromatic heterocycles. The zero-order valence-electron chi connectivity index (χ0n) is 18.7. The maximum Gasteiger partial charge on any atom is 0.335 e. The third-order valence-corrected chi connectivity index (χ3v) is 5.53. The molecule has 1 unspecified atom stereocenters. The minimum atomic E-state index is -0.956. The topological polar surface area (TPSA) is 107 Å². The van der Waals surface area contributed by atoms with Crippen molar-refractivity contribution in [2.75, 3.05) is 0 Å². The molecule has 0 saturated carbocycles. The molecule has 1 heterocycles. The normalized spacial score (nSPS) is 14.9. The van der Waals surface area contributed by atoms with Crippen molar-refractivity contribution < 1.29 is 24.0 Å². The summed E-state index contributed by atoms with van der Waals surface area (Å²) in [5, 5.41) is 0.478. The van der Waals surface area contributed by atoms with Crippen molar-refractivity contribution in [2.24, 2.45) is 5.73 Å². The average molecular weight is 425 g/mol. The lowest BCUT2D eigenvalue weighted by atomic mass is 10.0. The Bertz CT molecular complexity index is 534. The fourth-order valence-corrected chi connectivity index (χ4v) is 3.59. The Labute approximate surface area is 181 Å². The van der Waals surface area contributed by atoms with Crippen LogP contribution in [0.1, 0.15) is 116 Å². The van der Waals surface area contributed by atoms with Gasteiger partial charge in [-0.15, -0.1) is 5.06 Å². The van der Waals surface area contributed by atoms with Gasteiger partial charge in [0.1, 0.15) is 5.78 Å². The van der Waals surface area contributed by atoms with Crippen molar-refractivity contribution >= 4 is 23.6 Å². The lowest BCUT2D eigenvalue weighted by Gasteiger charge is -2.14. The van der Waals surface area contributed by atoms with Gasteiger partial charge in [0.15, 0.2) is 0 Å². The van der Waals surface area contributed by atoms with Gasteiger partial charge in [0.05, 0.1) is 12.5 Å². The third-order valence-electron chi connectivity index (χ3n) is 5.53. The van der Waals surface area contributed by atoms with Crippen LogP contribution in [0.15, 0.2) is 0 Å². The van der Waals surface area contributed by atoms with Gasteiger partial charge in [-0.3, -0.25) is 14.4 Å². The molecule has 0 aliphatic carbocycles.